The van der Waals surface area contributed by atoms with E-state index >= 15 is 0 Å². The van der Waals surface area contributed by atoms with Gasteiger partial charge in [0.05, 0.1) is 5.69 Å². The normalized spacial score (nSPS) is 13.9. The summed E-state index contributed by atoms with van der Waals surface area (Å²) in [5.74, 6) is 1.42. The molecule has 3 aromatic heterocycles. The summed E-state index contributed by atoms with van der Waals surface area (Å²) in [6.07, 6.45) is 8.17. The number of rotatable bonds is 4. The number of aromatic nitrogens is 3. The van der Waals surface area contributed by atoms with Crippen LogP contribution in [-0.2, 0) is 4.79 Å². The Morgan fingerprint density at radius 2 is 2.12 bits per heavy atom. The molecule has 4 rings (SSSR count). The molecular formula is C18H17N5O. The molecule has 1 aliphatic carbocycles. The first kappa shape index (κ1) is 14.6. The maximum absolute atomic E-state index is 10.7. The van der Waals surface area contributed by atoms with Gasteiger partial charge in [-0.15, -0.1) is 0 Å². The molecule has 0 bridgehead atoms. The summed E-state index contributed by atoms with van der Waals surface area (Å²) >= 11 is 0. The molecule has 0 aliphatic heterocycles. The summed E-state index contributed by atoms with van der Waals surface area (Å²) in [6.45, 7) is 2.04. The molecule has 0 radical (unpaired) electrons. The second kappa shape index (κ2) is 5.56. The van der Waals surface area contributed by atoms with Crippen LogP contribution in [0.3, 0.4) is 0 Å². The lowest BCUT2D eigenvalue weighted by atomic mass is 9.95. The third kappa shape index (κ3) is 2.36. The van der Waals surface area contributed by atoms with Crippen molar-refractivity contribution in [3.8, 4) is 11.3 Å². The number of fused-ring (bicyclic) bond motifs is 1. The lowest BCUT2D eigenvalue weighted by Crippen LogP contribution is -2.03. The van der Waals surface area contributed by atoms with Crippen molar-refractivity contribution in [3.63, 3.8) is 0 Å². The number of pyridine rings is 3. The summed E-state index contributed by atoms with van der Waals surface area (Å²) in [7, 11) is 0. The van der Waals surface area contributed by atoms with Crippen molar-refractivity contribution in [2.45, 2.75) is 25.7 Å². The number of carbonyl (C=O) groups is 1. The molecule has 0 saturated heterocycles. The van der Waals surface area contributed by atoms with E-state index in [1.165, 1.54) is 5.56 Å². The maximum Gasteiger partial charge on any atom is 0.212 e. The smallest absolute Gasteiger partial charge is 0.212 e. The number of aryl methyl sites for hydroxylation is 1. The monoisotopic (exact) mass is 319 g/mol. The molecule has 1 fully saturated rings. The molecule has 3 N–H and O–H groups in total. The molecule has 6 nitrogen and oxygen atoms in total. The van der Waals surface area contributed by atoms with E-state index in [2.05, 4.69) is 20.3 Å². The van der Waals surface area contributed by atoms with Crippen LogP contribution in [0.25, 0.3) is 22.0 Å². The highest BCUT2D eigenvalue weighted by Gasteiger charge is 2.30. The first-order chi connectivity index (χ1) is 11.7. The Hall–Kier alpha value is -3.02. The van der Waals surface area contributed by atoms with Crippen molar-refractivity contribution in [1.29, 1.82) is 0 Å². The van der Waals surface area contributed by atoms with Gasteiger partial charge in [0, 0.05) is 29.5 Å². The quantitative estimate of drug-likeness (QED) is 0.721. The minimum atomic E-state index is 0.442. The zero-order valence-corrected chi connectivity index (χ0v) is 13.3. The number of hydrogen-bond acceptors (Lipinski definition) is 5. The van der Waals surface area contributed by atoms with Gasteiger partial charge in [-0.25, -0.2) is 9.97 Å². The average molecular weight is 319 g/mol. The number of anilines is 2. The number of nitrogens with two attached hydrogens (primary N) is 1. The fourth-order valence-electron chi connectivity index (χ4n) is 3.09. The Bertz CT molecular complexity index is 950. The topological polar surface area (TPSA) is 93.8 Å². The summed E-state index contributed by atoms with van der Waals surface area (Å²) in [5, 5.41) is 4.43. The Morgan fingerprint density at radius 3 is 2.83 bits per heavy atom. The Kier molecular flexibility index (Phi) is 3.37. The highest BCUT2D eigenvalue weighted by atomic mass is 16.1. The van der Waals surface area contributed by atoms with E-state index in [4.69, 9.17) is 5.73 Å². The predicted molar refractivity (Wildman–Crippen MR) is 93.6 cm³/mol. The molecule has 0 atom stereocenters. The number of nitrogens with zero attached hydrogens (tertiary/aromatic N) is 3. The number of amides is 1. The van der Waals surface area contributed by atoms with E-state index in [0.29, 0.717) is 24.0 Å². The van der Waals surface area contributed by atoms with Crippen molar-refractivity contribution < 1.29 is 4.79 Å². The first-order valence-electron chi connectivity index (χ1n) is 7.89. The second-order valence-corrected chi connectivity index (χ2v) is 6.10. The number of nitrogens with one attached hydrogen (secondary N) is 1. The molecule has 0 unspecified atom stereocenters. The van der Waals surface area contributed by atoms with Crippen LogP contribution in [0.5, 0.6) is 0 Å². The predicted octanol–water partition coefficient (Wildman–Crippen LogP) is 3.03. The van der Waals surface area contributed by atoms with Gasteiger partial charge in [0.15, 0.2) is 0 Å². The Morgan fingerprint density at radius 1 is 1.29 bits per heavy atom. The third-order valence-corrected chi connectivity index (χ3v) is 4.44. The minimum Gasteiger partial charge on any atom is -0.383 e. The van der Waals surface area contributed by atoms with Crippen LogP contribution in [0.15, 0.2) is 30.7 Å². The largest absolute Gasteiger partial charge is 0.383 e. The van der Waals surface area contributed by atoms with E-state index in [1.54, 1.807) is 12.4 Å². The average Bonchev–Trinajstić information content (AvgIpc) is 3.40. The van der Waals surface area contributed by atoms with Gasteiger partial charge in [-0.3, -0.25) is 9.78 Å². The van der Waals surface area contributed by atoms with Gasteiger partial charge in [0.25, 0.3) is 0 Å². The van der Waals surface area contributed by atoms with Gasteiger partial charge in [-0.2, -0.15) is 0 Å². The molecular weight excluding hydrogens is 302 g/mol. The molecule has 120 valence electrons. The number of nitrogen functional groups attached to an aromatic ring is 1. The van der Waals surface area contributed by atoms with Crippen molar-refractivity contribution in [2.75, 3.05) is 11.1 Å². The standard InChI is InChI=1S/C18H17N5O/c1-10-4-5-20-7-13(10)17-16(11-2-3-11)12-6-15(22-9-24)21-8-14(12)18(19)23-17/h4-9,11H,2-3H2,1H3,(H2,19,23)(H,21,22,24). The maximum atomic E-state index is 10.7. The molecule has 1 aliphatic rings. The molecule has 3 aromatic rings. The molecule has 24 heavy (non-hydrogen) atoms. The summed E-state index contributed by atoms with van der Waals surface area (Å²) in [6, 6.07) is 3.85. The van der Waals surface area contributed by atoms with E-state index in [9.17, 15) is 4.79 Å². The summed E-state index contributed by atoms with van der Waals surface area (Å²) in [5.41, 5.74) is 10.4. The number of hydrogen-bond donors (Lipinski definition) is 2. The van der Waals surface area contributed by atoms with Crippen LogP contribution in [0, 0.1) is 6.92 Å². The van der Waals surface area contributed by atoms with Crippen LogP contribution in [0.2, 0.25) is 0 Å². The van der Waals surface area contributed by atoms with Crippen LogP contribution in [0.4, 0.5) is 11.6 Å². The van der Waals surface area contributed by atoms with Gasteiger partial charge in [-0.1, -0.05) is 0 Å². The lowest BCUT2D eigenvalue weighted by molar-refractivity contribution is -0.105. The van der Waals surface area contributed by atoms with Crippen molar-refractivity contribution in [2.24, 2.45) is 0 Å². The lowest BCUT2D eigenvalue weighted by Gasteiger charge is -2.15. The molecule has 1 amide bonds. The van der Waals surface area contributed by atoms with Crippen LogP contribution in [0.1, 0.15) is 29.9 Å². The number of carbonyl (C=O) groups excluding carboxylic acids is 1. The Labute approximate surface area is 139 Å². The van der Waals surface area contributed by atoms with Gasteiger partial charge in [-0.05, 0) is 54.3 Å². The van der Waals surface area contributed by atoms with Crippen molar-refractivity contribution in [1.82, 2.24) is 15.0 Å². The molecule has 1 saturated carbocycles. The fraction of sp³-hybridized carbons (Fsp3) is 0.222. The van der Waals surface area contributed by atoms with Crippen LogP contribution in [-0.4, -0.2) is 21.4 Å². The molecule has 0 spiro atoms. The minimum absolute atomic E-state index is 0.442. The van der Waals surface area contributed by atoms with E-state index in [1.807, 2.05) is 25.3 Å². The van der Waals surface area contributed by atoms with Crippen molar-refractivity contribution >= 4 is 28.8 Å². The van der Waals surface area contributed by atoms with E-state index in [-0.39, 0.29) is 0 Å². The summed E-state index contributed by atoms with van der Waals surface area (Å²) in [4.78, 5) is 23.9. The second-order valence-electron chi connectivity index (χ2n) is 6.10. The third-order valence-electron chi connectivity index (χ3n) is 4.44. The summed E-state index contributed by atoms with van der Waals surface area (Å²) < 4.78 is 0. The van der Waals surface area contributed by atoms with E-state index in [0.717, 1.165) is 40.4 Å². The van der Waals surface area contributed by atoms with E-state index < -0.39 is 0 Å². The van der Waals surface area contributed by atoms with Gasteiger partial charge in [0.2, 0.25) is 6.41 Å². The van der Waals surface area contributed by atoms with Crippen LogP contribution >= 0.6 is 0 Å². The van der Waals surface area contributed by atoms with Gasteiger partial charge >= 0.3 is 0 Å². The highest BCUT2D eigenvalue weighted by molar-refractivity contribution is 5.99. The SMILES string of the molecule is Cc1ccncc1-c1nc(N)c2cnc(NC=O)cc2c1C1CC1. The van der Waals surface area contributed by atoms with Crippen molar-refractivity contribution in [3.05, 3.63) is 41.9 Å². The zero-order chi connectivity index (χ0) is 16.7. The molecule has 3 heterocycles. The van der Waals surface area contributed by atoms with Gasteiger partial charge in [0.1, 0.15) is 11.6 Å². The zero-order valence-electron chi connectivity index (χ0n) is 13.3. The van der Waals surface area contributed by atoms with Crippen LogP contribution < -0.4 is 11.1 Å². The Balaban J connectivity index is 2.05. The highest BCUT2D eigenvalue weighted by Crippen LogP contribution is 2.48. The first-order valence-corrected chi connectivity index (χ1v) is 7.89. The molecule has 0 aromatic carbocycles. The molecule has 6 heteroatoms. The fourth-order valence-corrected chi connectivity index (χ4v) is 3.09. The van der Waals surface area contributed by atoms with Gasteiger partial charge < -0.3 is 11.1 Å².